The molecular formula is C10H15N3. The Morgan fingerprint density at radius 1 is 1.62 bits per heavy atom. The van der Waals surface area contributed by atoms with Crippen molar-refractivity contribution in [3.8, 4) is 0 Å². The molecule has 1 aromatic heterocycles. The van der Waals surface area contributed by atoms with Crippen molar-refractivity contribution in [2.75, 3.05) is 6.54 Å². The van der Waals surface area contributed by atoms with E-state index in [1.165, 1.54) is 17.7 Å². The maximum atomic E-state index is 5.55. The summed E-state index contributed by atoms with van der Waals surface area (Å²) < 4.78 is 0. The van der Waals surface area contributed by atoms with Crippen LogP contribution in [0.1, 0.15) is 35.8 Å². The van der Waals surface area contributed by atoms with E-state index in [1.54, 1.807) is 0 Å². The molecule has 3 heteroatoms. The Hall–Kier alpha value is -0.960. The monoisotopic (exact) mass is 177 g/mol. The molecule has 0 amide bonds. The molecule has 13 heavy (non-hydrogen) atoms. The van der Waals surface area contributed by atoms with Crippen LogP contribution in [-0.4, -0.2) is 16.5 Å². The number of aryl methyl sites for hydroxylation is 2. The van der Waals surface area contributed by atoms with Crippen LogP contribution in [0.15, 0.2) is 6.20 Å². The van der Waals surface area contributed by atoms with Crippen LogP contribution in [0.5, 0.6) is 0 Å². The highest BCUT2D eigenvalue weighted by Crippen LogP contribution is 2.33. The molecule has 1 atom stereocenters. The van der Waals surface area contributed by atoms with Gasteiger partial charge in [-0.25, -0.2) is 9.97 Å². The van der Waals surface area contributed by atoms with Crippen LogP contribution in [0.25, 0.3) is 0 Å². The lowest BCUT2D eigenvalue weighted by atomic mass is 10.0. The van der Waals surface area contributed by atoms with E-state index < -0.39 is 0 Å². The van der Waals surface area contributed by atoms with Crippen LogP contribution in [0.4, 0.5) is 0 Å². The second-order valence-corrected chi connectivity index (χ2v) is 3.63. The standard InChI is InChI=1S/C10H15N3/c1-7-12-6-9-8(4-5-11)2-3-10(9)13-7/h6,8H,2-5,11H2,1H3. The fourth-order valence-electron chi connectivity index (χ4n) is 2.03. The van der Waals surface area contributed by atoms with Gasteiger partial charge < -0.3 is 5.73 Å². The van der Waals surface area contributed by atoms with Crippen molar-refractivity contribution in [2.45, 2.75) is 32.1 Å². The number of nitrogens with two attached hydrogens (primary N) is 1. The Morgan fingerprint density at radius 2 is 2.46 bits per heavy atom. The summed E-state index contributed by atoms with van der Waals surface area (Å²) in [4.78, 5) is 8.67. The van der Waals surface area contributed by atoms with Gasteiger partial charge in [0.2, 0.25) is 0 Å². The molecule has 2 rings (SSSR count). The molecule has 0 bridgehead atoms. The van der Waals surface area contributed by atoms with Gasteiger partial charge in [0.1, 0.15) is 5.82 Å². The van der Waals surface area contributed by atoms with Crippen LogP contribution in [0.2, 0.25) is 0 Å². The molecule has 70 valence electrons. The lowest BCUT2D eigenvalue weighted by Crippen LogP contribution is -2.05. The van der Waals surface area contributed by atoms with Gasteiger partial charge >= 0.3 is 0 Å². The third kappa shape index (κ3) is 1.56. The van der Waals surface area contributed by atoms with Crippen LogP contribution >= 0.6 is 0 Å². The van der Waals surface area contributed by atoms with Gasteiger partial charge in [0.25, 0.3) is 0 Å². The predicted octanol–water partition coefficient (Wildman–Crippen LogP) is 1.16. The summed E-state index contributed by atoms with van der Waals surface area (Å²) in [5, 5.41) is 0. The summed E-state index contributed by atoms with van der Waals surface area (Å²) in [6, 6.07) is 0. The van der Waals surface area contributed by atoms with Crippen molar-refractivity contribution >= 4 is 0 Å². The third-order valence-electron chi connectivity index (χ3n) is 2.71. The highest BCUT2D eigenvalue weighted by atomic mass is 14.9. The lowest BCUT2D eigenvalue weighted by Gasteiger charge is -2.08. The van der Waals surface area contributed by atoms with Gasteiger partial charge in [-0.15, -0.1) is 0 Å². The molecule has 0 aromatic carbocycles. The van der Waals surface area contributed by atoms with Crippen molar-refractivity contribution in [2.24, 2.45) is 5.73 Å². The van der Waals surface area contributed by atoms with Crippen LogP contribution in [0, 0.1) is 6.92 Å². The van der Waals surface area contributed by atoms with Gasteiger partial charge in [-0.1, -0.05) is 0 Å². The summed E-state index contributed by atoms with van der Waals surface area (Å²) in [7, 11) is 0. The zero-order chi connectivity index (χ0) is 9.26. The minimum atomic E-state index is 0.612. The molecule has 1 heterocycles. The van der Waals surface area contributed by atoms with Crippen LogP contribution < -0.4 is 5.73 Å². The molecular weight excluding hydrogens is 162 g/mol. The Balaban J connectivity index is 2.27. The van der Waals surface area contributed by atoms with Gasteiger partial charge in [0, 0.05) is 11.9 Å². The number of aromatic nitrogens is 2. The van der Waals surface area contributed by atoms with Gasteiger partial charge in [-0.2, -0.15) is 0 Å². The smallest absolute Gasteiger partial charge is 0.125 e. The zero-order valence-electron chi connectivity index (χ0n) is 7.95. The minimum Gasteiger partial charge on any atom is -0.330 e. The highest BCUT2D eigenvalue weighted by molar-refractivity contribution is 5.27. The Bertz CT molecular complexity index is 309. The van der Waals surface area contributed by atoms with E-state index in [4.69, 9.17) is 5.73 Å². The molecule has 0 aliphatic heterocycles. The van der Waals surface area contributed by atoms with Crippen molar-refractivity contribution in [1.82, 2.24) is 9.97 Å². The van der Waals surface area contributed by atoms with Crippen molar-refractivity contribution in [3.05, 3.63) is 23.3 Å². The maximum absolute atomic E-state index is 5.55. The normalized spacial score (nSPS) is 20.3. The van der Waals surface area contributed by atoms with Gasteiger partial charge in [-0.05, 0) is 44.2 Å². The van der Waals surface area contributed by atoms with E-state index in [9.17, 15) is 0 Å². The quantitative estimate of drug-likeness (QED) is 0.737. The summed E-state index contributed by atoms with van der Waals surface area (Å²) >= 11 is 0. The highest BCUT2D eigenvalue weighted by Gasteiger charge is 2.23. The molecule has 0 fully saturated rings. The third-order valence-corrected chi connectivity index (χ3v) is 2.71. The molecule has 2 N–H and O–H groups in total. The summed E-state index contributed by atoms with van der Waals surface area (Å²) in [6.45, 7) is 2.70. The van der Waals surface area contributed by atoms with Crippen molar-refractivity contribution < 1.29 is 0 Å². The SMILES string of the molecule is Cc1ncc2c(n1)CCC2CCN. The molecule has 0 radical (unpaired) electrons. The second kappa shape index (κ2) is 3.42. The molecule has 1 aliphatic rings. The van der Waals surface area contributed by atoms with E-state index in [1.807, 2.05) is 13.1 Å². The molecule has 1 aliphatic carbocycles. The topological polar surface area (TPSA) is 51.8 Å². The van der Waals surface area contributed by atoms with E-state index >= 15 is 0 Å². The first-order valence-corrected chi connectivity index (χ1v) is 4.83. The number of hydrogen-bond donors (Lipinski definition) is 1. The lowest BCUT2D eigenvalue weighted by molar-refractivity contribution is 0.626. The Labute approximate surface area is 78.4 Å². The second-order valence-electron chi connectivity index (χ2n) is 3.63. The fourth-order valence-corrected chi connectivity index (χ4v) is 2.03. The Kier molecular flexibility index (Phi) is 2.27. The van der Waals surface area contributed by atoms with Gasteiger partial charge in [-0.3, -0.25) is 0 Å². The van der Waals surface area contributed by atoms with Gasteiger partial charge in [0.05, 0.1) is 0 Å². The maximum Gasteiger partial charge on any atom is 0.125 e. The zero-order valence-corrected chi connectivity index (χ0v) is 7.95. The summed E-state index contributed by atoms with van der Waals surface area (Å²) in [5.74, 6) is 1.49. The van der Waals surface area contributed by atoms with E-state index in [-0.39, 0.29) is 0 Å². The first-order chi connectivity index (χ1) is 6.31. The molecule has 0 saturated heterocycles. The van der Waals surface area contributed by atoms with Crippen molar-refractivity contribution in [1.29, 1.82) is 0 Å². The van der Waals surface area contributed by atoms with Crippen LogP contribution in [0.3, 0.4) is 0 Å². The number of fused-ring (bicyclic) bond motifs is 1. The summed E-state index contributed by atoms with van der Waals surface area (Å²) in [6.07, 6.45) is 5.35. The minimum absolute atomic E-state index is 0.612. The first kappa shape index (κ1) is 8.63. The molecule has 1 unspecified atom stereocenters. The van der Waals surface area contributed by atoms with Gasteiger partial charge in [0.15, 0.2) is 0 Å². The first-order valence-electron chi connectivity index (χ1n) is 4.83. The Morgan fingerprint density at radius 3 is 3.23 bits per heavy atom. The van der Waals surface area contributed by atoms with E-state index in [0.29, 0.717) is 5.92 Å². The number of nitrogens with zero attached hydrogens (tertiary/aromatic N) is 2. The molecule has 3 nitrogen and oxygen atoms in total. The fraction of sp³-hybridized carbons (Fsp3) is 0.600. The molecule has 1 aromatic rings. The number of hydrogen-bond acceptors (Lipinski definition) is 3. The summed E-state index contributed by atoms with van der Waals surface area (Å²) in [5.41, 5.74) is 8.13. The van der Waals surface area contributed by atoms with E-state index in [0.717, 1.165) is 25.2 Å². The number of rotatable bonds is 2. The molecule has 0 saturated carbocycles. The predicted molar refractivity (Wildman–Crippen MR) is 51.5 cm³/mol. The largest absolute Gasteiger partial charge is 0.330 e. The van der Waals surface area contributed by atoms with Crippen LogP contribution in [-0.2, 0) is 6.42 Å². The van der Waals surface area contributed by atoms with E-state index in [2.05, 4.69) is 9.97 Å². The average Bonchev–Trinajstić information content (AvgIpc) is 2.49. The average molecular weight is 177 g/mol. The molecule has 0 spiro atoms. The van der Waals surface area contributed by atoms with Crippen molar-refractivity contribution in [3.63, 3.8) is 0 Å².